The van der Waals surface area contributed by atoms with Crippen molar-refractivity contribution in [3.05, 3.63) is 12.3 Å². The minimum atomic E-state index is 0.130. The third-order valence-corrected chi connectivity index (χ3v) is 2.86. The molecule has 0 spiro atoms. The predicted molar refractivity (Wildman–Crippen MR) is 65.3 cm³/mol. The van der Waals surface area contributed by atoms with Crippen LogP contribution in [-0.4, -0.2) is 46.8 Å². The Kier molecular flexibility index (Phi) is 3.98. The molecule has 3 N–H and O–H groups in total. The zero-order valence-electron chi connectivity index (χ0n) is 9.93. The van der Waals surface area contributed by atoms with E-state index in [1.807, 2.05) is 10.9 Å². The van der Waals surface area contributed by atoms with Gasteiger partial charge in [0.05, 0.1) is 6.54 Å². The molecule has 94 valence electrons. The van der Waals surface area contributed by atoms with Gasteiger partial charge in [0.15, 0.2) is 0 Å². The molecule has 1 aromatic heterocycles. The molecule has 2 heterocycles. The van der Waals surface area contributed by atoms with Gasteiger partial charge in [-0.3, -0.25) is 14.4 Å². The fraction of sp³-hybridized carbons (Fsp3) is 0.636. The van der Waals surface area contributed by atoms with Gasteiger partial charge in [-0.1, -0.05) is 0 Å². The summed E-state index contributed by atoms with van der Waals surface area (Å²) in [6.45, 7) is 4.06. The number of carbonyl (C=O) groups excluding carboxylic acids is 1. The van der Waals surface area contributed by atoms with Gasteiger partial charge in [0.1, 0.15) is 5.82 Å². The van der Waals surface area contributed by atoms with Crippen molar-refractivity contribution in [3.63, 3.8) is 0 Å². The standard InChI is InChI=1S/C11H19N5O/c12-10-3-8-16(14-10)7-2-6-15-5-1-4-13-11(17)9-15/h3,8H,1-2,4-7,9H2,(H2,12,14)(H,13,17). The number of nitrogens with one attached hydrogen (secondary N) is 1. The highest BCUT2D eigenvalue weighted by Gasteiger charge is 2.13. The minimum absolute atomic E-state index is 0.130. The molecule has 1 aromatic rings. The van der Waals surface area contributed by atoms with Crippen LogP contribution in [0.25, 0.3) is 0 Å². The van der Waals surface area contributed by atoms with Crippen LogP contribution >= 0.6 is 0 Å². The highest BCUT2D eigenvalue weighted by atomic mass is 16.2. The number of anilines is 1. The molecule has 0 bridgehead atoms. The SMILES string of the molecule is Nc1ccn(CCCN2CCCNC(=O)C2)n1. The molecular formula is C11H19N5O. The number of rotatable bonds is 4. The molecule has 0 saturated carbocycles. The van der Waals surface area contributed by atoms with Crippen LogP contribution in [0, 0.1) is 0 Å². The van der Waals surface area contributed by atoms with Crippen molar-refractivity contribution >= 4 is 11.7 Å². The minimum Gasteiger partial charge on any atom is -0.382 e. The van der Waals surface area contributed by atoms with Crippen molar-refractivity contribution in [2.75, 3.05) is 31.9 Å². The Morgan fingerprint density at radius 1 is 1.47 bits per heavy atom. The van der Waals surface area contributed by atoms with Crippen molar-refractivity contribution in [1.29, 1.82) is 0 Å². The molecule has 0 atom stereocenters. The maximum absolute atomic E-state index is 11.3. The van der Waals surface area contributed by atoms with Crippen LogP contribution in [0.3, 0.4) is 0 Å². The van der Waals surface area contributed by atoms with Crippen molar-refractivity contribution in [1.82, 2.24) is 20.0 Å². The van der Waals surface area contributed by atoms with Gasteiger partial charge in [0.2, 0.25) is 5.91 Å². The first kappa shape index (κ1) is 11.9. The second-order valence-electron chi connectivity index (χ2n) is 4.34. The molecule has 6 heteroatoms. The molecule has 0 aromatic carbocycles. The highest BCUT2D eigenvalue weighted by Crippen LogP contribution is 2.01. The number of nitrogens with zero attached hydrogens (tertiary/aromatic N) is 3. The number of nitrogens with two attached hydrogens (primary N) is 1. The third-order valence-electron chi connectivity index (χ3n) is 2.86. The average Bonchev–Trinajstić information content (AvgIpc) is 2.58. The van der Waals surface area contributed by atoms with Gasteiger partial charge in [-0.2, -0.15) is 5.10 Å². The molecule has 0 aliphatic carbocycles. The van der Waals surface area contributed by atoms with Crippen molar-refractivity contribution in [2.45, 2.75) is 19.4 Å². The van der Waals surface area contributed by atoms with E-state index in [9.17, 15) is 4.79 Å². The van der Waals surface area contributed by atoms with E-state index in [-0.39, 0.29) is 5.91 Å². The fourth-order valence-corrected chi connectivity index (χ4v) is 2.02. The lowest BCUT2D eigenvalue weighted by Crippen LogP contribution is -2.34. The summed E-state index contributed by atoms with van der Waals surface area (Å²) >= 11 is 0. The molecule has 0 unspecified atom stereocenters. The topological polar surface area (TPSA) is 76.2 Å². The lowest BCUT2D eigenvalue weighted by atomic mass is 10.3. The number of aryl methyl sites for hydroxylation is 1. The molecular weight excluding hydrogens is 218 g/mol. The van der Waals surface area contributed by atoms with Crippen LogP contribution in [-0.2, 0) is 11.3 Å². The van der Waals surface area contributed by atoms with Crippen LogP contribution in [0.2, 0.25) is 0 Å². The number of nitrogen functional groups attached to an aromatic ring is 1. The van der Waals surface area contributed by atoms with Gasteiger partial charge >= 0.3 is 0 Å². The van der Waals surface area contributed by atoms with E-state index in [2.05, 4.69) is 15.3 Å². The average molecular weight is 237 g/mol. The maximum Gasteiger partial charge on any atom is 0.234 e. The summed E-state index contributed by atoms with van der Waals surface area (Å²) in [6, 6.07) is 1.79. The van der Waals surface area contributed by atoms with Crippen LogP contribution in [0.4, 0.5) is 5.82 Å². The number of aromatic nitrogens is 2. The fourth-order valence-electron chi connectivity index (χ4n) is 2.02. The number of hydrogen-bond acceptors (Lipinski definition) is 4. The second-order valence-corrected chi connectivity index (χ2v) is 4.34. The van der Waals surface area contributed by atoms with Gasteiger partial charge < -0.3 is 11.1 Å². The van der Waals surface area contributed by atoms with Crippen LogP contribution in [0.5, 0.6) is 0 Å². The van der Waals surface area contributed by atoms with Gasteiger partial charge in [0, 0.05) is 32.4 Å². The van der Waals surface area contributed by atoms with Crippen LogP contribution in [0.1, 0.15) is 12.8 Å². The normalized spacial score (nSPS) is 17.8. The summed E-state index contributed by atoms with van der Waals surface area (Å²) in [5.41, 5.74) is 5.54. The maximum atomic E-state index is 11.3. The molecule has 17 heavy (non-hydrogen) atoms. The largest absolute Gasteiger partial charge is 0.382 e. The van der Waals surface area contributed by atoms with Gasteiger partial charge in [0.25, 0.3) is 0 Å². The van der Waals surface area contributed by atoms with Crippen LogP contribution < -0.4 is 11.1 Å². The first-order valence-electron chi connectivity index (χ1n) is 6.02. The first-order valence-corrected chi connectivity index (χ1v) is 6.02. The molecule has 2 rings (SSSR count). The number of amides is 1. The Morgan fingerprint density at radius 3 is 3.12 bits per heavy atom. The van der Waals surface area contributed by atoms with Crippen molar-refractivity contribution in [3.8, 4) is 0 Å². The molecule has 1 aliphatic heterocycles. The molecule has 0 radical (unpaired) electrons. The summed E-state index contributed by atoms with van der Waals surface area (Å²) in [6.07, 6.45) is 3.89. The molecule has 1 saturated heterocycles. The van der Waals surface area contributed by atoms with Gasteiger partial charge in [-0.15, -0.1) is 0 Å². The third kappa shape index (κ3) is 3.74. The smallest absolute Gasteiger partial charge is 0.234 e. The molecule has 1 aliphatic rings. The molecule has 1 amide bonds. The Morgan fingerprint density at radius 2 is 2.35 bits per heavy atom. The summed E-state index contributed by atoms with van der Waals surface area (Å²) in [4.78, 5) is 13.5. The van der Waals surface area contributed by atoms with E-state index in [0.29, 0.717) is 12.4 Å². The van der Waals surface area contributed by atoms with Gasteiger partial charge in [-0.25, -0.2) is 0 Å². The number of hydrogen-bond donors (Lipinski definition) is 2. The highest BCUT2D eigenvalue weighted by molar-refractivity contribution is 5.78. The lowest BCUT2D eigenvalue weighted by Gasteiger charge is -2.17. The monoisotopic (exact) mass is 237 g/mol. The Hall–Kier alpha value is -1.56. The van der Waals surface area contributed by atoms with E-state index >= 15 is 0 Å². The summed E-state index contributed by atoms with van der Waals surface area (Å²) in [7, 11) is 0. The zero-order valence-corrected chi connectivity index (χ0v) is 9.93. The Balaban J connectivity index is 1.72. The Bertz CT molecular complexity index is 376. The second kappa shape index (κ2) is 5.67. The summed E-state index contributed by atoms with van der Waals surface area (Å²) < 4.78 is 1.84. The van der Waals surface area contributed by atoms with E-state index in [1.165, 1.54) is 0 Å². The zero-order chi connectivity index (χ0) is 12.1. The van der Waals surface area contributed by atoms with E-state index in [0.717, 1.165) is 39.0 Å². The number of carbonyl (C=O) groups is 1. The predicted octanol–water partition coefficient (Wildman–Crippen LogP) is -0.323. The summed E-state index contributed by atoms with van der Waals surface area (Å²) in [5.74, 6) is 0.685. The van der Waals surface area contributed by atoms with E-state index in [4.69, 9.17) is 5.73 Å². The van der Waals surface area contributed by atoms with E-state index < -0.39 is 0 Å². The van der Waals surface area contributed by atoms with Crippen molar-refractivity contribution < 1.29 is 4.79 Å². The quantitative estimate of drug-likeness (QED) is 0.752. The van der Waals surface area contributed by atoms with Crippen LogP contribution in [0.15, 0.2) is 12.3 Å². The Labute approximate surface area is 101 Å². The molecule has 6 nitrogen and oxygen atoms in total. The van der Waals surface area contributed by atoms with E-state index in [1.54, 1.807) is 6.07 Å². The first-order chi connectivity index (χ1) is 8.24. The molecule has 1 fully saturated rings. The summed E-state index contributed by atoms with van der Waals surface area (Å²) in [5, 5.41) is 6.99. The lowest BCUT2D eigenvalue weighted by molar-refractivity contribution is -0.121. The van der Waals surface area contributed by atoms with Crippen molar-refractivity contribution in [2.24, 2.45) is 0 Å². The van der Waals surface area contributed by atoms with Gasteiger partial charge in [-0.05, 0) is 18.9 Å².